The number of hydrogen-bond acceptors (Lipinski definition) is 5. The topological polar surface area (TPSA) is 64.9 Å². The Morgan fingerprint density at radius 3 is 2.65 bits per heavy atom. The highest BCUT2D eigenvalue weighted by Crippen LogP contribution is 2.26. The lowest BCUT2D eigenvalue weighted by Gasteiger charge is -2.11. The summed E-state index contributed by atoms with van der Waals surface area (Å²) in [5.74, 6) is 3.25. The van der Waals surface area contributed by atoms with E-state index in [1.165, 1.54) is 5.56 Å². The molecule has 0 fully saturated rings. The number of aryl methyl sites for hydroxylation is 3. The summed E-state index contributed by atoms with van der Waals surface area (Å²) < 4.78 is 7.45. The Balaban J connectivity index is 1.70. The minimum Gasteiger partial charge on any atom is -0.497 e. The van der Waals surface area contributed by atoms with Crippen molar-refractivity contribution in [2.45, 2.75) is 20.4 Å². The highest BCUT2D eigenvalue weighted by atomic mass is 16.5. The minimum atomic E-state index is 0.576. The lowest BCUT2D eigenvalue weighted by molar-refractivity contribution is 0.415. The molecule has 0 saturated heterocycles. The molecule has 0 spiro atoms. The Morgan fingerprint density at radius 1 is 1.00 bits per heavy atom. The molecular formula is C20H21N5O. The third kappa shape index (κ3) is 2.83. The number of fused-ring (bicyclic) bond motifs is 2. The fraction of sp³-hybridized carbons (Fsp3) is 0.250. The highest BCUT2D eigenvalue weighted by Gasteiger charge is 2.11. The van der Waals surface area contributed by atoms with Crippen LogP contribution in [0.3, 0.4) is 0 Å². The third-order valence-corrected chi connectivity index (χ3v) is 4.56. The Labute approximate surface area is 151 Å². The van der Waals surface area contributed by atoms with E-state index in [1.807, 2.05) is 32.2 Å². The van der Waals surface area contributed by atoms with Crippen LogP contribution in [0.4, 0.5) is 5.82 Å². The number of aromatic nitrogens is 4. The Hall–Kier alpha value is -3.15. The van der Waals surface area contributed by atoms with Crippen LogP contribution in [0.25, 0.3) is 21.9 Å². The second-order valence-corrected chi connectivity index (χ2v) is 6.44. The van der Waals surface area contributed by atoms with Gasteiger partial charge in [0.15, 0.2) is 0 Å². The first-order chi connectivity index (χ1) is 12.5. The zero-order chi connectivity index (χ0) is 18.3. The van der Waals surface area contributed by atoms with Gasteiger partial charge in [-0.3, -0.25) is 0 Å². The van der Waals surface area contributed by atoms with E-state index < -0.39 is 0 Å². The van der Waals surface area contributed by atoms with Gasteiger partial charge in [-0.15, -0.1) is 0 Å². The van der Waals surface area contributed by atoms with Crippen molar-refractivity contribution >= 4 is 27.8 Å². The number of nitrogens with one attached hydrogen (secondary N) is 1. The Bertz CT molecular complexity index is 1120. The van der Waals surface area contributed by atoms with Gasteiger partial charge in [0.1, 0.15) is 23.2 Å². The standard InChI is InChI=1S/C20H21N5O/c1-12-5-8-18-17(9-12)24-19(25(18)3)11-21-20-15-10-14(26-4)6-7-16(15)22-13(2)23-20/h5-10H,11H2,1-4H3,(H,21,22,23). The summed E-state index contributed by atoms with van der Waals surface area (Å²) in [5.41, 5.74) is 4.23. The second kappa shape index (κ2) is 6.29. The molecule has 2 aromatic heterocycles. The lowest BCUT2D eigenvalue weighted by atomic mass is 10.2. The van der Waals surface area contributed by atoms with Crippen molar-refractivity contribution in [3.8, 4) is 5.75 Å². The van der Waals surface area contributed by atoms with Crippen LogP contribution in [-0.4, -0.2) is 26.6 Å². The van der Waals surface area contributed by atoms with Gasteiger partial charge in [-0.1, -0.05) is 6.07 Å². The van der Waals surface area contributed by atoms with Crippen molar-refractivity contribution in [2.75, 3.05) is 12.4 Å². The van der Waals surface area contributed by atoms with Crippen molar-refractivity contribution in [3.63, 3.8) is 0 Å². The molecule has 132 valence electrons. The molecule has 0 aliphatic carbocycles. The molecule has 0 unspecified atom stereocenters. The van der Waals surface area contributed by atoms with Gasteiger partial charge in [0.25, 0.3) is 0 Å². The van der Waals surface area contributed by atoms with E-state index in [0.717, 1.165) is 45.2 Å². The molecule has 1 N–H and O–H groups in total. The SMILES string of the molecule is COc1ccc2nc(C)nc(NCc3nc4cc(C)ccc4n3C)c2c1. The summed E-state index contributed by atoms with van der Waals surface area (Å²) in [5, 5.41) is 4.36. The van der Waals surface area contributed by atoms with Gasteiger partial charge in [0.05, 0.1) is 30.2 Å². The maximum Gasteiger partial charge on any atom is 0.138 e. The van der Waals surface area contributed by atoms with Gasteiger partial charge in [-0.2, -0.15) is 0 Å². The third-order valence-electron chi connectivity index (χ3n) is 4.56. The zero-order valence-corrected chi connectivity index (χ0v) is 15.4. The van der Waals surface area contributed by atoms with E-state index in [4.69, 9.17) is 9.72 Å². The summed E-state index contributed by atoms with van der Waals surface area (Å²) in [7, 11) is 3.69. The van der Waals surface area contributed by atoms with E-state index in [1.54, 1.807) is 7.11 Å². The van der Waals surface area contributed by atoms with Gasteiger partial charge in [0.2, 0.25) is 0 Å². The molecule has 0 radical (unpaired) electrons. The Kier molecular flexibility index (Phi) is 3.95. The van der Waals surface area contributed by atoms with E-state index >= 15 is 0 Å². The number of rotatable bonds is 4. The summed E-state index contributed by atoms with van der Waals surface area (Å²) in [6, 6.07) is 12.1. The average Bonchev–Trinajstić information content (AvgIpc) is 2.94. The van der Waals surface area contributed by atoms with Crippen molar-refractivity contribution in [1.29, 1.82) is 0 Å². The molecule has 0 bridgehead atoms. The van der Waals surface area contributed by atoms with Crippen LogP contribution in [0, 0.1) is 13.8 Å². The number of benzene rings is 2. The van der Waals surface area contributed by atoms with Crippen LogP contribution in [0.5, 0.6) is 5.75 Å². The molecule has 26 heavy (non-hydrogen) atoms. The van der Waals surface area contributed by atoms with Gasteiger partial charge < -0.3 is 14.6 Å². The molecule has 0 amide bonds. The first-order valence-corrected chi connectivity index (χ1v) is 8.53. The van der Waals surface area contributed by atoms with Crippen molar-refractivity contribution in [3.05, 3.63) is 53.6 Å². The summed E-state index contributed by atoms with van der Waals surface area (Å²) in [4.78, 5) is 13.8. The van der Waals surface area contributed by atoms with Gasteiger partial charge in [0, 0.05) is 12.4 Å². The molecule has 2 aromatic carbocycles. The first kappa shape index (κ1) is 16.3. The van der Waals surface area contributed by atoms with Gasteiger partial charge in [-0.05, 0) is 49.7 Å². The predicted molar refractivity (Wildman–Crippen MR) is 104 cm³/mol. The predicted octanol–water partition coefficient (Wildman–Crippen LogP) is 3.75. The number of hydrogen-bond donors (Lipinski definition) is 1. The first-order valence-electron chi connectivity index (χ1n) is 8.53. The van der Waals surface area contributed by atoms with Crippen molar-refractivity contribution in [2.24, 2.45) is 7.05 Å². The normalized spacial score (nSPS) is 11.2. The van der Waals surface area contributed by atoms with Crippen LogP contribution in [0.1, 0.15) is 17.2 Å². The van der Waals surface area contributed by atoms with E-state index in [0.29, 0.717) is 6.54 Å². The van der Waals surface area contributed by atoms with Crippen molar-refractivity contribution < 1.29 is 4.74 Å². The fourth-order valence-corrected chi connectivity index (χ4v) is 3.17. The quantitative estimate of drug-likeness (QED) is 0.609. The number of ether oxygens (including phenoxy) is 1. The maximum atomic E-state index is 5.34. The maximum absolute atomic E-state index is 5.34. The molecule has 2 heterocycles. The van der Waals surface area contributed by atoms with E-state index in [2.05, 4.69) is 45.0 Å². The molecule has 6 heteroatoms. The van der Waals surface area contributed by atoms with Crippen LogP contribution >= 0.6 is 0 Å². The Morgan fingerprint density at radius 2 is 1.85 bits per heavy atom. The number of imidazole rings is 1. The summed E-state index contributed by atoms with van der Waals surface area (Å²) >= 11 is 0. The van der Waals surface area contributed by atoms with Crippen LogP contribution in [0.15, 0.2) is 36.4 Å². The lowest BCUT2D eigenvalue weighted by Crippen LogP contribution is -2.08. The summed E-state index contributed by atoms with van der Waals surface area (Å²) in [6.07, 6.45) is 0. The van der Waals surface area contributed by atoms with Gasteiger partial charge >= 0.3 is 0 Å². The van der Waals surface area contributed by atoms with E-state index in [-0.39, 0.29) is 0 Å². The van der Waals surface area contributed by atoms with E-state index in [9.17, 15) is 0 Å². The molecule has 4 rings (SSSR count). The monoisotopic (exact) mass is 347 g/mol. The van der Waals surface area contributed by atoms with Gasteiger partial charge in [-0.25, -0.2) is 15.0 Å². The smallest absolute Gasteiger partial charge is 0.138 e. The number of nitrogens with zero attached hydrogens (tertiary/aromatic N) is 4. The molecule has 0 aliphatic rings. The molecule has 4 aromatic rings. The minimum absolute atomic E-state index is 0.576. The number of methoxy groups -OCH3 is 1. The van der Waals surface area contributed by atoms with Crippen LogP contribution in [0.2, 0.25) is 0 Å². The molecule has 0 aliphatic heterocycles. The average molecular weight is 347 g/mol. The molecule has 0 atom stereocenters. The molecule has 6 nitrogen and oxygen atoms in total. The second-order valence-electron chi connectivity index (χ2n) is 6.44. The highest BCUT2D eigenvalue weighted by molar-refractivity contribution is 5.90. The van der Waals surface area contributed by atoms with Crippen molar-refractivity contribution in [1.82, 2.24) is 19.5 Å². The zero-order valence-electron chi connectivity index (χ0n) is 15.4. The van der Waals surface area contributed by atoms with Crippen LogP contribution in [-0.2, 0) is 13.6 Å². The van der Waals surface area contributed by atoms with Crippen LogP contribution < -0.4 is 10.1 Å². The molecule has 0 saturated carbocycles. The number of anilines is 1. The molecular weight excluding hydrogens is 326 g/mol. The largest absolute Gasteiger partial charge is 0.497 e. The summed E-state index contributed by atoms with van der Waals surface area (Å²) in [6.45, 7) is 4.55. The fourth-order valence-electron chi connectivity index (χ4n) is 3.17.